The highest BCUT2D eigenvalue weighted by Crippen LogP contribution is 2.32. The van der Waals surface area contributed by atoms with Gasteiger partial charge in [0.05, 0.1) is 10.5 Å². The molecule has 0 fully saturated rings. The van der Waals surface area contributed by atoms with E-state index >= 15 is 0 Å². The van der Waals surface area contributed by atoms with Gasteiger partial charge in [0.1, 0.15) is 11.5 Å². The summed E-state index contributed by atoms with van der Waals surface area (Å²) < 4.78 is 5.65. The molecule has 0 aromatic heterocycles. The SMILES string of the molecule is Cc1c(Oc2ccc(CN)c(Cl)c2)cccc1[N+](=O)[O-]. The third kappa shape index (κ3) is 2.89. The minimum absolute atomic E-state index is 0.0205. The molecule has 2 aromatic carbocycles. The molecule has 0 heterocycles. The van der Waals surface area contributed by atoms with Gasteiger partial charge >= 0.3 is 0 Å². The lowest BCUT2D eigenvalue weighted by Gasteiger charge is -2.10. The maximum atomic E-state index is 10.9. The molecule has 0 amide bonds. The first kappa shape index (κ1) is 14.3. The van der Waals surface area contributed by atoms with Crippen LogP contribution in [0.5, 0.6) is 11.5 Å². The Morgan fingerprint density at radius 1 is 1.35 bits per heavy atom. The summed E-state index contributed by atoms with van der Waals surface area (Å²) in [5.41, 5.74) is 6.83. The summed E-state index contributed by atoms with van der Waals surface area (Å²) in [6, 6.07) is 9.83. The molecule has 0 aliphatic rings. The van der Waals surface area contributed by atoms with Gasteiger partial charge in [0.2, 0.25) is 0 Å². The van der Waals surface area contributed by atoms with Crippen LogP contribution in [0.4, 0.5) is 5.69 Å². The first-order valence-corrected chi connectivity index (χ1v) is 6.31. The quantitative estimate of drug-likeness (QED) is 0.686. The Hall–Kier alpha value is -2.11. The first-order chi connectivity index (χ1) is 9.52. The molecule has 6 heteroatoms. The monoisotopic (exact) mass is 292 g/mol. The fourth-order valence-electron chi connectivity index (χ4n) is 1.80. The van der Waals surface area contributed by atoms with Crippen molar-refractivity contribution in [1.29, 1.82) is 0 Å². The Balaban J connectivity index is 2.33. The number of ether oxygens (including phenoxy) is 1. The summed E-state index contributed by atoms with van der Waals surface area (Å²) in [7, 11) is 0. The van der Waals surface area contributed by atoms with Crippen molar-refractivity contribution < 1.29 is 9.66 Å². The summed E-state index contributed by atoms with van der Waals surface area (Å²) in [4.78, 5) is 10.4. The van der Waals surface area contributed by atoms with Crippen molar-refractivity contribution in [3.63, 3.8) is 0 Å². The number of nitrogens with two attached hydrogens (primary N) is 1. The largest absolute Gasteiger partial charge is 0.457 e. The number of nitro benzene ring substituents is 1. The second kappa shape index (κ2) is 5.90. The van der Waals surface area contributed by atoms with Crippen LogP contribution in [-0.2, 0) is 6.54 Å². The smallest absolute Gasteiger partial charge is 0.276 e. The molecule has 0 saturated heterocycles. The average Bonchev–Trinajstić information content (AvgIpc) is 2.41. The summed E-state index contributed by atoms with van der Waals surface area (Å²) in [6.07, 6.45) is 0. The predicted molar refractivity (Wildman–Crippen MR) is 77.3 cm³/mol. The van der Waals surface area contributed by atoms with E-state index in [1.54, 1.807) is 37.3 Å². The normalized spacial score (nSPS) is 10.3. The van der Waals surface area contributed by atoms with Gasteiger partial charge in [-0.3, -0.25) is 10.1 Å². The van der Waals surface area contributed by atoms with Crippen LogP contribution in [0.3, 0.4) is 0 Å². The van der Waals surface area contributed by atoms with Crippen LogP contribution >= 0.6 is 11.6 Å². The van der Waals surface area contributed by atoms with Crippen LogP contribution in [-0.4, -0.2) is 4.92 Å². The molecule has 2 aromatic rings. The van der Waals surface area contributed by atoms with Crippen LogP contribution in [0.2, 0.25) is 5.02 Å². The summed E-state index contributed by atoms with van der Waals surface area (Å²) in [5.74, 6) is 0.937. The van der Waals surface area contributed by atoms with Crippen LogP contribution in [0.15, 0.2) is 36.4 Å². The van der Waals surface area contributed by atoms with Crippen LogP contribution in [0, 0.1) is 17.0 Å². The zero-order chi connectivity index (χ0) is 14.7. The fraction of sp³-hybridized carbons (Fsp3) is 0.143. The zero-order valence-corrected chi connectivity index (χ0v) is 11.6. The third-order valence-corrected chi connectivity index (χ3v) is 3.28. The molecule has 2 rings (SSSR count). The van der Waals surface area contributed by atoms with Gasteiger partial charge in [0.25, 0.3) is 5.69 Å². The lowest BCUT2D eigenvalue weighted by atomic mass is 10.2. The molecular formula is C14H13ClN2O3. The molecule has 0 aliphatic heterocycles. The van der Waals surface area contributed by atoms with Gasteiger partial charge in [-0.25, -0.2) is 0 Å². The molecule has 104 valence electrons. The highest BCUT2D eigenvalue weighted by molar-refractivity contribution is 6.31. The predicted octanol–water partition coefficient (Wildman–Crippen LogP) is 3.81. The maximum Gasteiger partial charge on any atom is 0.276 e. The lowest BCUT2D eigenvalue weighted by Crippen LogP contribution is -1.98. The van der Waals surface area contributed by atoms with E-state index in [0.717, 1.165) is 5.56 Å². The second-order valence-electron chi connectivity index (χ2n) is 4.22. The van der Waals surface area contributed by atoms with E-state index in [4.69, 9.17) is 22.1 Å². The highest BCUT2D eigenvalue weighted by atomic mass is 35.5. The summed E-state index contributed by atoms with van der Waals surface area (Å²) in [6.45, 7) is 1.98. The minimum Gasteiger partial charge on any atom is -0.457 e. The van der Waals surface area contributed by atoms with E-state index in [1.807, 2.05) is 0 Å². The topological polar surface area (TPSA) is 78.4 Å². The Bertz CT molecular complexity index is 659. The van der Waals surface area contributed by atoms with Gasteiger partial charge in [-0.05, 0) is 30.7 Å². The molecule has 5 nitrogen and oxygen atoms in total. The number of halogens is 1. The number of rotatable bonds is 4. The van der Waals surface area contributed by atoms with Crippen molar-refractivity contribution >= 4 is 17.3 Å². The molecule has 0 atom stereocenters. The molecule has 20 heavy (non-hydrogen) atoms. The van der Waals surface area contributed by atoms with E-state index < -0.39 is 4.92 Å². The van der Waals surface area contributed by atoms with Crippen molar-refractivity contribution in [1.82, 2.24) is 0 Å². The van der Waals surface area contributed by atoms with E-state index in [9.17, 15) is 10.1 Å². The third-order valence-electron chi connectivity index (χ3n) is 2.92. The van der Waals surface area contributed by atoms with E-state index in [-0.39, 0.29) is 5.69 Å². The maximum absolute atomic E-state index is 10.9. The van der Waals surface area contributed by atoms with Gasteiger partial charge in [0, 0.05) is 17.6 Å². The molecule has 0 aliphatic carbocycles. The number of nitro groups is 1. The summed E-state index contributed by atoms with van der Waals surface area (Å²) in [5, 5.41) is 11.4. The number of nitrogens with zero attached hydrogens (tertiary/aromatic N) is 1. The van der Waals surface area contributed by atoms with E-state index in [2.05, 4.69) is 0 Å². The zero-order valence-electron chi connectivity index (χ0n) is 10.8. The van der Waals surface area contributed by atoms with E-state index in [0.29, 0.717) is 28.6 Å². The molecule has 0 radical (unpaired) electrons. The van der Waals surface area contributed by atoms with Crippen LogP contribution in [0.1, 0.15) is 11.1 Å². The van der Waals surface area contributed by atoms with Gasteiger partial charge in [-0.15, -0.1) is 0 Å². The second-order valence-corrected chi connectivity index (χ2v) is 4.62. The summed E-state index contributed by atoms with van der Waals surface area (Å²) >= 11 is 6.05. The lowest BCUT2D eigenvalue weighted by molar-refractivity contribution is -0.385. The Kier molecular flexibility index (Phi) is 4.22. The van der Waals surface area contributed by atoms with E-state index in [1.165, 1.54) is 6.07 Å². The van der Waals surface area contributed by atoms with Crippen molar-refractivity contribution in [2.24, 2.45) is 5.73 Å². The Morgan fingerprint density at radius 3 is 2.70 bits per heavy atom. The van der Waals surface area contributed by atoms with Gasteiger partial charge in [-0.2, -0.15) is 0 Å². The fourth-order valence-corrected chi connectivity index (χ4v) is 2.04. The molecule has 0 bridgehead atoms. The van der Waals surface area contributed by atoms with Gasteiger partial charge < -0.3 is 10.5 Å². The van der Waals surface area contributed by atoms with Crippen molar-refractivity contribution in [2.75, 3.05) is 0 Å². The first-order valence-electron chi connectivity index (χ1n) is 5.93. The van der Waals surface area contributed by atoms with Crippen LogP contribution in [0.25, 0.3) is 0 Å². The highest BCUT2D eigenvalue weighted by Gasteiger charge is 2.14. The number of hydrogen-bond acceptors (Lipinski definition) is 4. The molecule has 0 unspecified atom stereocenters. The Labute approximate surface area is 121 Å². The van der Waals surface area contributed by atoms with Gasteiger partial charge in [0.15, 0.2) is 0 Å². The molecular weight excluding hydrogens is 280 g/mol. The van der Waals surface area contributed by atoms with Gasteiger partial charge in [-0.1, -0.05) is 23.7 Å². The van der Waals surface area contributed by atoms with Crippen LogP contribution < -0.4 is 10.5 Å². The molecule has 2 N–H and O–H groups in total. The van der Waals surface area contributed by atoms with Crippen molar-refractivity contribution in [2.45, 2.75) is 13.5 Å². The van der Waals surface area contributed by atoms with Crippen molar-refractivity contribution in [3.8, 4) is 11.5 Å². The number of benzene rings is 2. The number of hydrogen-bond donors (Lipinski definition) is 1. The Morgan fingerprint density at radius 2 is 2.10 bits per heavy atom. The van der Waals surface area contributed by atoms with Crippen molar-refractivity contribution in [3.05, 3.63) is 62.7 Å². The standard InChI is InChI=1S/C14H13ClN2O3/c1-9-13(17(18)19)3-2-4-14(9)20-11-6-5-10(8-16)12(15)7-11/h2-7H,8,16H2,1H3. The molecule has 0 saturated carbocycles. The molecule has 0 spiro atoms. The average molecular weight is 293 g/mol. The minimum atomic E-state index is -0.438.